The van der Waals surface area contributed by atoms with Gasteiger partial charge in [0.05, 0.1) is 17.9 Å². The average Bonchev–Trinajstić information content (AvgIpc) is 2.91. The van der Waals surface area contributed by atoms with Gasteiger partial charge in [-0.15, -0.1) is 6.42 Å². The zero-order valence-electron chi connectivity index (χ0n) is 14.5. The van der Waals surface area contributed by atoms with Gasteiger partial charge in [0.15, 0.2) is 5.54 Å². The van der Waals surface area contributed by atoms with Gasteiger partial charge in [0.1, 0.15) is 11.1 Å². The Morgan fingerprint density at radius 3 is 2.64 bits per heavy atom. The summed E-state index contributed by atoms with van der Waals surface area (Å²) >= 11 is 0. The van der Waals surface area contributed by atoms with E-state index in [4.69, 9.17) is 10.8 Å². The molecule has 3 heterocycles. The maximum atomic E-state index is 13.5. The molecule has 2 aliphatic heterocycles. The molecule has 3 amide bonds. The van der Waals surface area contributed by atoms with Crippen LogP contribution in [0.25, 0.3) is 11.0 Å². The number of carbonyl (C=O) groups excluding carboxylic acids is 2. The van der Waals surface area contributed by atoms with Gasteiger partial charge in [-0.1, -0.05) is 36.3 Å². The van der Waals surface area contributed by atoms with Gasteiger partial charge in [-0.05, 0) is 18.2 Å². The Balaban J connectivity index is 1.92. The van der Waals surface area contributed by atoms with Crippen LogP contribution < -0.4 is 21.2 Å². The summed E-state index contributed by atoms with van der Waals surface area (Å²) in [6.07, 6.45) is 5.45. The summed E-state index contributed by atoms with van der Waals surface area (Å²) < 4.78 is 5.48. The predicted molar refractivity (Wildman–Crippen MR) is 103 cm³/mol. The van der Waals surface area contributed by atoms with Crippen molar-refractivity contribution >= 4 is 34.3 Å². The highest BCUT2D eigenvalue weighted by Crippen LogP contribution is 2.47. The Hall–Kier alpha value is -4.05. The highest BCUT2D eigenvalue weighted by Gasteiger charge is 2.58. The molecule has 0 aliphatic carbocycles. The highest BCUT2D eigenvalue weighted by molar-refractivity contribution is 6.17. The number of hydrogen-bond donors (Lipinski definition) is 2. The molecule has 0 fully saturated rings. The molecule has 0 radical (unpaired) electrons. The van der Waals surface area contributed by atoms with Gasteiger partial charge in [0.25, 0.3) is 5.91 Å². The van der Waals surface area contributed by atoms with Crippen LogP contribution in [-0.2, 0) is 10.3 Å². The van der Waals surface area contributed by atoms with Gasteiger partial charge in [0.2, 0.25) is 0 Å². The molecule has 3 aromatic rings. The molecule has 7 nitrogen and oxygen atoms in total. The Bertz CT molecular complexity index is 1290. The minimum Gasteiger partial charge on any atom is -0.422 e. The van der Waals surface area contributed by atoms with Gasteiger partial charge < -0.3 is 15.1 Å². The summed E-state index contributed by atoms with van der Waals surface area (Å²) in [4.78, 5) is 40.5. The topological polar surface area (TPSA) is 91.7 Å². The van der Waals surface area contributed by atoms with E-state index in [1.54, 1.807) is 48.5 Å². The second-order valence-corrected chi connectivity index (χ2v) is 6.58. The second kappa shape index (κ2) is 5.47. The van der Waals surface area contributed by atoms with Crippen LogP contribution in [0, 0.1) is 12.3 Å². The van der Waals surface area contributed by atoms with E-state index in [9.17, 15) is 14.4 Å². The zero-order valence-corrected chi connectivity index (χ0v) is 14.5. The Labute approximate surface area is 158 Å². The van der Waals surface area contributed by atoms with E-state index >= 15 is 0 Å². The zero-order chi connectivity index (χ0) is 19.5. The number of amides is 3. The van der Waals surface area contributed by atoms with E-state index in [1.807, 2.05) is 0 Å². The molecular formula is C21H13N3O4. The number of nitrogens with zero attached hydrogens (tertiary/aromatic N) is 1. The molecule has 2 N–H and O–H groups in total. The number of rotatable bonds is 1. The minimum absolute atomic E-state index is 0.00907. The molecule has 1 aromatic heterocycles. The Kier molecular flexibility index (Phi) is 3.16. The fraction of sp³-hybridized carbons (Fsp3) is 0.0952. The van der Waals surface area contributed by atoms with E-state index in [-0.39, 0.29) is 17.8 Å². The Morgan fingerprint density at radius 1 is 1.07 bits per heavy atom. The van der Waals surface area contributed by atoms with Gasteiger partial charge in [-0.2, -0.15) is 0 Å². The number of para-hydroxylation sites is 2. The number of nitrogens with one attached hydrogen (secondary N) is 2. The predicted octanol–water partition coefficient (Wildman–Crippen LogP) is 2.15. The smallest absolute Gasteiger partial charge is 0.344 e. The van der Waals surface area contributed by atoms with Crippen LogP contribution in [-0.4, -0.2) is 18.5 Å². The average molecular weight is 371 g/mol. The molecule has 2 aromatic carbocycles. The molecule has 1 atom stereocenters. The molecule has 7 heteroatoms. The van der Waals surface area contributed by atoms with Crippen molar-refractivity contribution in [3.05, 3.63) is 70.1 Å². The lowest BCUT2D eigenvalue weighted by Crippen LogP contribution is -2.59. The minimum atomic E-state index is -1.70. The third kappa shape index (κ3) is 1.86. The number of carbonyl (C=O) groups is 2. The first-order valence-electron chi connectivity index (χ1n) is 8.58. The van der Waals surface area contributed by atoms with Gasteiger partial charge >= 0.3 is 11.7 Å². The van der Waals surface area contributed by atoms with E-state index in [0.717, 1.165) is 0 Å². The third-order valence-corrected chi connectivity index (χ3v) is 5.14. The van der Waals surface area contributed by atoms with Gasteiger partial charge in [-0.25, -0.2) is 9.59 Å². The summed E-state index contributed by atoms with van der Waals surface area (Å²) in [5.74, 6) is 1.96. The molecule has 0 saturated carbocycles. The maximum Gasteiger partial charge on any atom is 0.344 e. The van der Waals surface area contributed by atoms with Crippen molar-refractivity contribution < 1.29 is 14.0 Å². The molecular weight excluding hydrogens is 358 g/mol. The lowest BCUT2D eigenvalue weighted by molar-refractivity contribution is -0.122. The van der Waals surface area contributed by atoms with Crippen LogP contribution in [0.2, 0.25) is 0 Å². The van der Waals surface area contributed by atoms with Crippen molar-refractivity contribution in [1.82, 2.24) is 5.32 Å². The molecule has 1 spiro atoms. The van der Waals surface area contributed by atoms with Crippen molar-refractivity contribution in [2.75, 3.05) is 16.8 Å². The molecule has 0 saturated heterocycles. The van der Waals surface area contributed by atoms with Crippen LogP contribution in [0.5, 0.6) is 0 Å². The first-order chi connectivity index (χ1) is 13.6. The quantitative estimate of drug-likeness (QED) is 0.507. The monoisotopic (exact) mass is 371 g/mol. The van der Waals surface area contributed by atoms with E-state index in [1.165, 1.54) is 4.90 Å². The van der Waals surface area contributed by atoms with Crippen molar-refractivity contribution in [3.8, 4) is 12.3 Å². The number of benzene rings is 2. The third-order valence-electron chi connectivity index (χ3n) is 5.14. The molecule has 136 valence electrons. The number of terminal acetylenes is 1. The van der Waals surface area contributed by atoms with Crippen LogP contribution >= 0.6 is 0 Å². The summed E-state index contributed by atoms with van der Waals surface area (Å²) in [6.45, 7) is 0.00907. The summed E-state index contributed by atoms with van der Waals surface area (Å²) in [5.41, 5.74) is -0.741. The van der Waals surface area contributed by atoms with Crippen molar-refractivity contribution in [2.24, 2.45) is 0 Å². The second-order valence-electron chi connectivity index (χ2n) is 6.58. The van der Waals surface area contributed by atoms with E-state index < -0.39 is 23.1 Å². The SMILES string of the molecule is C#CCN1C(=O)C2(NC(=O)Nc3c2c(=O)oc2ccccc32)c2ccccc21. The summed E-state index contributed by atoms with van der Waals surface area (Å²) in [7, 11) is 0. The number of hydrogen-bond acceptors (Lipinski definition) is 4. The lowest BCUT2D eigenvalue weighted by atomic mass is 9.82. The van der Waals surface area contributed by atoms with Crippen LogP contribution in [0.15, 0.2) is 57.7 Å². The molecule has 1 unspecified atom stereocenters. The first kappa shape index (κ1) is 16.1. The summed E-state index contributed by atoms with van der Waals surface area (Å²) in [6, 6.07) is 13.2. The largest absolute Gasteiger partial charge is 0.422 e. The molecule has 2 aliphatic rings. The van der Waals surface area contributed by atoms with Crippen LogP contribution in [0.4, 0.5) is 16.2 Å². The van der Waals surface area contributed by atoms with Crippen molar-refractivity contribution in [2.45, 2.75) is 5.54 Å². The summed E-state index contributed by atoms with van der Waals surface area (Å²) in [5, 5.41) is 5.88. The van der Waals surface area contributed by atoms with E-state index in [2.05, 4.69) is 16.6 Å². The first-order valence-corrected chi connectivity index (χ1v) is 8.58. The fourth-order valence-corrected chi connectivity index (χ4v) is 4.06. The molecule has 28 heavy (non-hydrogen) atoms. The normalized spacial score (nSPS) is 19.8. The number of fused-ring (bicyclic) bond motifs is 6. The van der Waals surface area contributed by atoms with E-state index in [0.29, 0.717) is 22.2 Å². The highest BCUT2D eigenvalue weighted by atomic mass is 16.4. The van der Waals surface area contributed by atoms with Crippen molar-refractivity contribution in [1.29, 1.82) is 0 Å². The molecule has 5 rings (SSSR count). The van der Waals surface area contributed by atoms with Gasteiger partial charge in [0, 0.05) is 10.9 Å². The Morgan fingerprint density at radius 2 is 1.82 bits per heavy atom. The number of anilines is 2. The van der Waals surface area contributed by atoms with Crippen LogP contribution in [0.1, 0.15) is 11.1 Å². The molecule has 0 bridgehead atoms. The van der Waals surface area contributed by atoms with Crippen molar-refractivity contribution in [3.63, 3.8) is 0 Å². The van der Waals surface area contributed by atoms with Gasteiger partial charge in [-0.3, -0.25) is 9.69 Å². The number of urea groups is 1. The fourth-order valence-electron chi connectivity index (χ4n) is 4.06. The van der Waals surface area contributed by atoms with Crippen LogP contribution in [0.3, 0.4) is 0 Å². The lowest BCUT2D eigenvalue weighted by Gasteiger charge is -2.34. The maximum absolute atomic E-state index is 13.5. The standard InChI is InChI=1S/C21H13N3O4/c1-2-11-24-14-9-5-4-8-13(14)21(19(24)26)16-17(22-20(27)23-21)12-7-3-6-10-15(12)28-18(16)25/h1,3-10H,11H2,(H2,22,23,27).